The number of pyridine rings is 1. The van der Waals surface area contributed by atoms with E-state index in [1.165, 1.54) is 12.3 Å². The van der Waals surface area contributed by atoms with Crippen LogP contribution in [0, 0.1) is 6.08 Å². The number of aliphatic hydroxyl groups is 2. The summed E-state index contributed by atoms with van der Waals surface area (Å²) in [6.45, 7) is 2.87. The van der Waals surface area contributed by atoms with Gasteiger partial charge in [-0.05, 0) is 32.0 Å². The lowest BCUT2D eigenvalue weighted by atomic mass is 10.1. The normalized spacial score (nSPS) is 27.9. The van der Waals surface area contributed by atoms with Crippen LogP contribution in [0.15, 0.2) is 12.3 Å². The lowest BCUT2D eigenvalue weighted by Gasteiger charge is -2.18. The fourth-order valence-electron chi connectivity index (χ4n) is 2.87. The second kappa shape index (κ2) is 6.11. The van der Waals surface area contributed by atoms with E-state index in [0.717, 1.165) is 10.7 Å². The number of ether oxygens (including phenoxy) is 1. The third-order valence-corrected chi connectivity index (χ3v) is 5.65. The number of halogens is 1. The molecule has 132 valence electrons. The van der Waals surface area contributed by atoms with Gasteiger partial charge < -0.3 is 20.7 Å². The van der Waals surface area contributed by atoms with E-state index < -0.39 is 37.5 Å². The molecule has 0 aliphatic carbocycles. The number of imidazole rings is 1. The Labute approximate surface area is 139 Å². The van der Waals surface area contributed by atoms with Gasteiger partial charge in [0.25, 0.3) is 6.08 Å². The van der Waals surface area contributed by atoms with Crippen LogP contribution < -0.4 is 5.73 Å². The Kier molecular flexibility index (Phi) is 4.42. The molecule has 4 atom stereocenters. The van der Waals surface area contributed by atoms with E-state index in [0.29, 0.717) is 6.42 Å². The fourth-order valence-corrected chi connectivity index (χ4v) is 3.82. The minimum atomic E-state index is -1.29. The van der Waals surface area contributed by atoms with Gasteiger partial charge in [-0.25, -0.2) is 4.98 Å². The van der Waals surface area contributed by atoms with Crippen molar-refractivity contribution in [1.29, 1.82) is 0 Å². The van der Waals surface area contributed by atoms with Crippen molar-refractivity contribution in [1.82, 2.24) is 14.5 Å². The summed E-state index contributed by atoms with van der Waals surface area (Å²) in [5.74, 6) is 0. The highest BCUT2D eigenvalue weighted by Crippen LogP contribution is 2.40. The molecule has 0 radical (unpaired) electrons. The fraction of sp³-hybridized carbons (Fsp3) is 0.533. The molecular weight excluding hydrogens is 334 g/mol. The minimum Gasteiger partial charge on any atom is -0.397 e. The molecule has 24 heavy (non-hydrogen) atoms. The van der Waals surface area contributed by atoms with E-state index in [4.69, 9.17) is 10.5 Å². The smallest absolute Gasteiger partial charge is 0.293 e. The molecule has 0 saturated carbocycles. The van der Waals surface area contributed by atoms with Crippen molar-refractivity contribution >= 4 is 30.0 Å². The quantitative estimate of drug-likeness (QED) is 0.702. The molecule has 0 spiro atoms. The first-order valence-electron chi connectivity index (χ1n) is 7.66. The van der Waals surface area contributed by atoms with E-state index in [2.05, 4.69) is 29.6 Å². The van der Waals surface area contributed by atoms with Crippen LogP contribution in [-0.2, 0) is 4.74 Å². The molecular formula is C15H22FN4O3P. The Bertz CT molecular complexity index is 805. The van der Waals surface area contributed by atoms with Crippen LogP contribution in [-0.4, -0.2) is 68.9 Å². The highest BCUT2D eigenvalue weighted by atomic mass is 31.2. The topological polar surface area (TPSA) is 106 Å². The molecule has 2 aromatic rings. The number of nitrogens with two attached hydrogens (primary N) is 1. The zero-order valence-corrected chi connectivity index (χ0v) is 14.5. The predicted molar refractivity (Wildman–Crippen MR) is 93.2 cm³/mol. The van der Waals surface area contributed by atoms with Crippen LogP contribution in [0.1, 0.15) is 12.6 Å². The number of nitrogens with zero attached hydrogens (tertiary/aromatic N) is 3. The number of anilines is 1. The predicted octanol–water partition coefficient (Wildman–Crippen LogP) is 0.871. The molecule has 0 amide bonds. The maximum absolute atomic E-state index is 14.3. The molecule has 3 rings (SSSR count). The lowest BCUT2D eigenvalue weighted by molar-refractivity contribution is -0.0412. The van der Waals surface area contributed by atoms with Gasteiger partial charge in [0.05, 0.1) is 11.8 Å². The van der Waals surface area contributed by atoms with E-state index in [-0.39, 0.29) is 16.9 Å². The van der Waals surface area contributed by atoms with Crippen molar-refractivity contribution in [3.05, 3.63) is 18.3 Å². The lowest BCUT2D eigenvalue weighted by Crippen LogP contribution is -2.32. The summed E-state index contributed by atoms with van der Waals surface area (Å²) < 4.78 is 21.1. The van der Waals surface area contributed by atoms with Crippen molar-refractivity contribution in [3.8, 4) is 0 Å². The molecule has 7 nitrogen and oxygen atoms in total. The Hall–Kier alpha value is -1.47. The molecule has 3 heterocycles. The minimum absolute atomic E-state index is 0.175. The van der Waals surface area contributed by atoms with Gasteiger partial charge in [-0.3, -0.25) is 4.57 Å². The summed E-state index contributed by atoms with van der Waals surface area (Å²) in [6, 6.07) is 1.52. The van der Waals surface area contributed by atoms with Crippen LogP contribution in [0.4, 0.5) is 10.1 Å². The summed E-state index contributed by atoms with van der Waals surface area (Å²) >= 11 is 0. The van der Waals surface area contributed by atoms with Gasteiger partial charge in [-0.2, -0.15) is 9.37 Å². The maximum atomic E-state index is 14.3. The second-order valence-corrected chi connectivity index (χ2v) is 11.1. The van der Waals surface area contributed by atoms with E-state index in [9.17, 15) is 14.6 Å². The average molecular weight is 356 g/mol. The summed E-state index contributed by atoms with van der Waals surface area (Å²) in [5.41, 5.74) is 6.44. The number of hydrogen-bond donors (Lipinski definition) is 3. The van der Waals surface area contributed by atoms with Crippen molar-refractivity contribution in [2.24, 2.45) is 0 Å². The largest absolute Gasteiger partial charge is 0.397 e. The Morgan fingerprint density at radius 1 is 1.42 bits per heavy atom. The van der Waals surface area contributed by atoms with Crippen molar-refractivity contribution < 1.29 is 19.3 Å². The summed E-state index contributed by atoms with van der Waals surface area (Å²) in [5, 5.41) is 20.6. The zero-order chi connectivity index (χ0) is 17.6. The van der Waals surface area contributed by atoms with Gasteiger partial charge in [0.2, 0.25) is 0 Å². The van der Waals surface area contributed by atoms with Crippen molar-refractivity contribution in [2.45, 2.75) is 31.0 Å². The zero-order valence-electron chi connectivity index (χ0n) is 13.6. The Morgan fingerprint density at radius 2 is 2.12 bits per heavy atom. The monoisotopic (exact) mass is 356 g/mol. The highest BCUT2D eigenvalue weighted by molar-refractivity contribution is 7.72. The van der Waals surface area contributed by atoms with Crippen LogP contribution in [0.5, 0.6) is 0 Å². The van der Waals surface area contributed by atoms with E-state index in [1.807, 2.05) is 0 Å². The third kappa shape index (κ3) is 3.07. The van der Waals surface area contributed by atoms with Gasteiger partial charge >= 0.3 is 0 Å². The molecule has 1 aliphatic rings. The first-order chi connectivity index (χ1) is 11.2. The standard InChI is InChI=1S/C15H22FN4O3P/c1-24(2,3)7-5-9-11(21)12(22)14(23-9)20-13-10(19-15(20)16)8(17)4-6-18-13/h4,6,9,11-12,14,21-22H,1,5,7H2,2-3H3,(H2,17,18)/t9-,11-,12-,14?/m1/s1. The third-order valence-electron chi connectivity index (χ3n) is 4.18. The first kappa shape index (κ1) is 17.4. The SMILES string of the molecule is C=P(C)(C)CC[C@H]1OC(n2c(F)nc3c(N)ccnc32)[C@H](O)[C@@H]1O. The molecule has 0 aromatic carbocycles. The molecule has 9 heteroatoms. The van der Waals surface area contributed by atoms with E-state index >= 15 is 0 Å². The number of aliphatic hydroxyl groups excluding tert-OH is 2. The Balaban J connectivity index is 1.92. The van der Waals surface area contributed by atoms with Crippen molar-refractivity contribution in [2.75, 3.05) is 25.2 Å². The van der Waals surface area contributed by atoms with E-state index in [1.54, 1.807) is 0 Å². The molecule has 2 aromatic heterocycles. The second-order valence-electron chi connectivity index (χ2n) is 6.82. The molecule has 1 fully saturated rings. The molecule has 1 aliphatic heterocycles. The molecule has 1 saturated heterocycles. The average Bonchev–Trinajstić information content (AvgIpc) is 2.96. The molecule has 1 unspecified atom stereocenters. The van der Waals surface area contributed by atoms with Crippen LogP contribution in [0.3, 0.4) is 0 Å². The van der Waals surface area contributed by atoms with Gasteiger partial charge in [0, 0.05) is 6.20 Å². The highest BCUT2D eigenvalue weighted by Gasteiger charge is 2.45. The number of rotatable bonds is 4. The molecule has 0 bridgehead atoms. The van der Waals surface area contributed by atoms with Gasteiger partial charge in [-0.15, -0.1) is 13.2 Å². The van der Waals surface area contributed by atoms with Crippen LogP contribution >= 0.6 is 6.89 Å². The number of aromatic nitrogens is 3. The van der Waals surface area contributed by atoms with Crippen LogP contribution in [0.25, 0.3) is 11.2 Å². The number of hydrogen-bond acceptors (Lipinski definition) is 6. The summed E-state index contributed by atoms with van der Waals surface area (Å²) in [4.78, 5) is 7.84. The van der Waals surface area contributed by atoms with Gasteiger partial charge in [0.1, 0.15) is 17.7 Å². The van der Waals surface area contributed by atoms with Crippen LogP contribution in [0.2, 0.25) is 0 Å². The number of nitrogen functional groups attached to an aromatic ring is 1. The first-order valence-corrected chi connectivity index (χ1v) is 10.7. The van der Waals surface area contributed by atoms with Crippen molar-refractivity contribution in [3.63, 3.8) is 0 Å². The van der Waals surface area contributed by atoms with Gasteiger partial charge in [-0.1, -0.05) is 0 Å². The van der Waals surface area contributed by atoms with Gasteiger partial charge in [0.15, 0.2) is 11.9 Å². The maximum Gasteiger partial charge on any atom is 0.293 e. The number of fused-ring (bicyclic) bond motifs is 1. The summed E-state index contributed by atoms with van der Waals surface area (Å²) in [6.07, 6.45) is 1.94. The molecule has 4 N–H and O–H groups in total. The summed E-state index contributed by atoms with van der Waals surface area (Å²) in [7, 11) is 0. The Morgan fingerprint density at radius 3 is 2.79 bits per heavy atom.